The fourth-order valence-electron chi connectivity index (χ4n) is 2.93. The summed E-state index contributed by atoms with van der Waals surface area (Å²) in [5.74, 6) is 0.931. The van der Waals surface area contributed by atoms with Crippen LogP contribution >= 0.6 is 0 Å². The van der Waals surface area contributed by atoms with E-state index >= 15 is 0 Å². The highest BCUT2D eigenvalue weighted by molar-refractivity contribution is 4.84. The van der Waals surface area contributed by atoms with Gasteiger partial charge < -0.3 is 10.1 Å². The van der Waals surface area contributed by atoms with E-state index in [1.165, 1.54) is 19.3 Å². The van der Waals surface area contributed by atoms with Gasteiger partial charge in [-0.25, -0.2) is 0 Å². The number of morpholine rings is 1. The Labute approximate surface area is 93.2 Å². The average Bonchev–Trinajstić information content (AvgIpc) is 2.66. The summed E-state index contributed by atoms with van der Waals surface area (Å²) >= 11 is 0. The van der Waals surface area contributed by atoms with E-state index in [9.17, 15) is 0 Å². The lowest BCUT2D eigenvalue weighted by Crippen LogP contribution is -2.49. The fraction of sp³-hybridized carbons (Fsp3) is 1.00. The molecule has 3 atom stereocenters. The molecule has 0 aromatic carbocycles. The van der Waals surface area contributed by atoms with Gasteiger partial charge in [0.15, 0.2) is 0 Å². The van der Waals surface area contributed by atoms with Gasteiger partial charge >= 0.3 is 0 Å². The highest BCUT2D eigenvalue weighted by atomic mass is 16.5. The Kier molecular flexibility index (Phi) is 4.00. The normalized spacial score (nSPS) is 38.4. The van der Waals surface area contributed by atoms with Crippen molar-refractivity contribution in [2.45, 2.75) is 38.3 Å². The van der Waals surface area contributed by atoms with Gasteiger partial charge in [-0.05, 0) is 32.2 Å². The Hall–Kier alpha value is -0.120. The summed E-state index contributed by atoms with van der Waals surface area (Å²) in [5, 5.41) is 3.21. The third kappa shape index (κ3) is 2.92. The number of hydrogen-bond donors (Lipinski definition) is 1. The largest absolute Gasteiger partial charge is 0.374 e. The Morgan fingerprint density at radius 1 is 1.40 bits per heavy atom. The second-order valence-corrected chi connectivity index (χ2v) is 5.12. The van der Waals surface area contributed by atoms with Crippen molar-refractivity contribution < 1.29 is 4.74 Å². The van der Waals surface area contributed by atoms with Crippen LogP contribution in [0.3, 0.4) is 0 Å². The molecule has 1 aliphatic heterocycles. The smallest absolute Gasteiger partial charge is 0.0826 e. The molecule has 2 fully saturated rings. The summed E-state index contributed by atoms with van der Waals surface area (Å²) in [6.07, 6.45) is 4.61. The third-order valence-corrected chi connectivity index (χ3v) is 3.79. The van der Waals surface area contributed by atoms with E-state index in [1.54, 1.807) is 0 Å². The molecular formula is C12H24N2O. The average molecular weight is 212 g/mol. The van der Waals surface area contributed by atoms with Crippen molar-refractivity contribution in [1.29, 1.82) is 0 Å². The molecule has 2 rings (SSSR count). The minimum Gasteiger partial charge on any atom is -0.374 e. The predicted octanol–water partition coefficient (Wildman–Crippen LogP) is 1.10. The Morgan fingerprint density at radius 2 is 2.27 bits per heavy atom. The highest BCUT2D eigenvalue weighted by Gasteiger charge is 2.30. The van der Waals surface area contributed by atoms with Crippen molar-refractivity contribution >= 4 is 0 Å². The van der Waals surface area contributed by atoms with Crippen LogP contribution in [-0.2, 0) is 4.74 Å². The van der Waals surface area contributed by atoms with Crippen LogP contribution in [0, 0.1) is 5.92 Å². The molecule has 3 heteroatoms. The van der Waals surface area contributed by atoms with E-state index in [2.05, 4.69) is 17.1 Å². The van der Waals surface area contributed by atoms with E-state index in [4.69, 9.17) is 4.74 Å². The molecule has 0 aromatic rings. The van der Waals surface area contributed by atoms with Gasteiger partial charge in [0.1, 0.15) is 0 Å². The quantitative estimate of drug-likeness (QED) is 0.758. The van der Waals surface area contributed by atoms with Crippen molar-refractivity contribution in [2.75, 3.05) is 33.3 Å². The summed E-state index contributed by atoms with van der Waals surface area (Å²) in [4.78, 5) is 2.65. The van der Waals surface area contributed by atoms with E-state index < -0.39 is 0 Å². The van der Waals surface area contributed by atoms with Gasteiger partial charge in [0.05, 0.1) is 12.7 Å². The zero-order valence-corrected chi connectivity index (χ0v) is 10.0. The monoisotopic (exact) mass is 212 g/mol. The second kappa shape index (κ2) is 5.28. The molecule has 0 aromatic heterocycles. The SMILES string of the molecule is CNCC1CN(C2CCC(C)C2)CCO1. The minimum atomic E-state index is 0.402. The minimum absolute atomic E-state index is 0.402. The molecule has 0 radical (unpaired) electrons. The van der Waals surface area contributed by atoms with Crippen LogP contribution in [0.4, 0.5) is 0 Å². The summed E-state index contributed by atoms with van der Waals surface area (Å²) < 4.78 is 5.73. The lowest BCUT2D eigenvalue weighted by molar-refractivity contribution is -0.0406. The number of ether oxygens (including phenoxy) is 1. The number of nitrogens with zero attached hydrogens (tertiary/aromatic N) is 1. The first-order chi connectivity index (χ1) is 7.29. The Morgan fingerprint density at radius 3 is 2.93 bits per heavy atom. The first-order valence-electron chi connectivity index (χ1n) is 6.30. The molecule has 2 aliphatic rings. The van der Waals surface area contributed by atoms with E-state index in [1.807, 2.05) is 7.05 Å². The number of nitrogens with one attached hydrogen (secondary N) is 1. The molecular weight excluding hydrogens is 188 g/mol. The van der Waals surface area contributed by atoms with Crippen LogP contribution in [0.5, 0.6) is 0 Å². The molecule has 1 saturated carbocycles. The molecule has 0 amide bonds. The van der Waals surface area contributed by atoms with Crippen LogP contribution in [0.25, 0.3) is 0 Å². The van der Waals surface area contributed by atoms with Crippen LogP contribution in [0.2, 0.25) is 0 Å². The van der Waals surface area contributed by atoms with Gasteiger partial charge in [-0.15, -0.1) is 0 Å². The first kappa shape index (κ1) is 11.4. The van der Waals surface area contributed by atoms with E-state index in [0.29, 0.717) is 6.10 Å². The lowest BCUT2D eigenvalue weighted by Gasteiger charge is -2.36. The molecule has 3 nitrogen and oxygen atoms in total. The summed E-state index contributed by atoms with van der Waals surface area (Å²) in [6, 6.07) is 0.836. The van der Waals surface area contributed by atoms with Crippen molar-refractivity contribution in [1.82, 2.24) is 10.2 Å². The molecule has 0 spiro atoms. The summed E-state index contributed by atoms with van der Waals surface area (Å²) in [5.41, 5.74) is 0. The maximum absolute atomic E-state index is 5.73. The first-order valence-corrected chi connectivity index (χ1v) is 6.30. The predicted molar refractivity (Wildman–Crippen MR) is 62.0 cm³/mol. The number of hydrogen-bond acceptors (Lipinski definition) is 3. The van der Waals surface area contributed by atoms with Gasteiger partial charge in [0.2, 0.25) is 0 Å². The molecule has 1 N–H and O–H groups in total. The molecule has 0 bridgehead atoms. The lowest BCUT2D eigenvalue weighted by atomic mass is 10.1. The van der Waals surface area contributed by atoms with Crippen molar-refractivity contribution in [2.24, 2.45) is 5.92 Å². The Bertz CT molecular complexity index is 196. The number of likely N-dealkylation sites (N-methyl/N-ethyl adjacent to an activating group) is 1. The molecule has 1 heterocycles. The van der Waals surface area contributed by atoms with Crippen LogP contribution in [-0.4, -0.2) is 50.3 Å². The zero-order chi connectivity index (χ0) is 10.7. The fourth-order valence-corrected chi connectivity index (χ4v) is 2.93. The van der Waals surface area contributed by atoms with Crippen molar-refractivity contribution in [3.63, 3.8) is 0 Å². The topological polar surface area (TPSA) is 24.5 Å². The third-order valence-electron chi connectivity index (χ3n) is 3.79. The van der Waals surface area contributed by atoms with Gasteiger partial charge in [0, 0.05) is 25.7 Å². The number of rotatable bonds is 3. The molecule has 1 saturated heterocycles. The van der Waals surface area contributed by atoms with Crippen molar-refractivity contribution in [3.05, 3.63) is 0 Å². The second-order valence-electron chi connectivity index (χ2n) is 5.12. The zero-order valence-electron chi connectivity index (χ0n) is 10.0. The molecule has 1 aliphatic carbocycles. The summed E-state index contributed by atoms with van der Waals surface area (Å²) in [6.45, 7) is 6.54. The van der Waals surface area contributed by atoms with Gasteiger partial charge in [-0.3, -0.25) is 4.90 Å². The maximum Gasteiger partial charge on any atom is 0.0826 e. The standard InChI is InChI=1S/C12H24N2O/c1-10-3-4-11(7-10)14-5-6-15-12(9-14)8-13-2/h10-13H,3-9H2,1-2H3. The van der Waals surface area contributed by atoms with E-state index in [-0.39, 0.29) is 0 Å². The molecule has 3 unspecified atom stereocenters. The Balaban J connectivity index is 1.81. The highest BCUT2D eigenvalue weighted by Crippen LogP contribution is 2.29. The van der Waals surface area contributed by atoms with Crippen LogP contribution in [0.1, 0.15) is 26.2 Å². The summed E-state index contributed by atoms with van der Waals surface area (Å²) in [7, 11) is 2.00. The molecule has 88 valence electrons. The van der Waals surface area contributed by atoms with Gasteiger partial charge in [-0.1, -0.05) is 6.92 Å². The van der Waals surface area contributed by atoms with Crippen LogP contribution < -0.4 is 5.32 Å². The van der Waals surface area contributed by atoms with Crippen molar-refractivity contribution in [3.8, 4) is 0 Å². The molecule has 15 heavy (non-hydrogen) atoms. The van der Waals surface area contributed by atoms with Crippen LogP contribution in [0.15, 0.2) is 0 Å². The van der Waals surface area contributed by atoms with Gasteiger partial charge in [0.25, 0.3) is 0 Å². The van der Waals surface area contributed by atoms with Gasteiger partial charge in [-0.2, -0.15) is 0 Å². The maximum atomic E-state index is 5.73. The van der Waals surface area contributed by atoms with E-state index in [0.717, 1.165) is 38.2 Å².